The van der Waals surface area contributed by atoms with Crippen LogP contribution in [0.3, 0.4) is 0 Å². The minimum atomic E-state index is -0.988. The normalized spacial score (nSPS) is 14.0. The van der Waals surface area contributed by atoms with Crippen molar-refractivity contribution in [1.82, 2.24) is 10.3 Å². The zero-order chi connectivity index (χ0) is 15.4. The lowest BCUT2D eigenvalue weighted by atomic mass is 10.0. The number of carboxylic acids is 2. The Hall–Kier alpha value is -2.34. The number of hydrogen-bond donors (Lipinski definition) is 4. The number of aromatic nitrogens is 1. The van der Waals surface area contributed by atoms with E-state index in [-0.39, 0.29) is 6.42 Å². The summed E-state index contributed by atoms with van der Waals surface area (Å²) in [5, 5.41) is 21.9. The molecule has 6 nitrogen and oxygen atoms in total. The smallest absolute Gasteiger partial charge is 0.321 e. The number of para-hydroxylation sites is 1. The van der Waals surface area contributed by atoms with Crippen LogP contribution in [0.15, 0.2) is 30.5 Å². The van der Waals surface area contributed by atoms with Crippen LogP contribution in [-0.2, 0) is 16.0 Å². The molecule has 0 aliphatic rings. The SMILES string of the molecule is CC(CC(=O)O)N[C@@H](Cc1c[nH]c2ccccc12)C(=O)O. The van der Waals surface area contributed by atoms with Crippen LogP contribution in [0.1, 0.15) is 18.9 Å². The molecular formula is C15H18N2O4. The van der Waals surface area contributed by atoms with Gasteiger partial charge in [-0.2, -0.15) is 0 Å². The van der Waals surface area contributed by atoms with E-state index in [1.165, 1.54) is 0 Å². The second kappa shape index (κ2) is 6.41. The second-order valence-corrected chi connectivity index (χ2v) is 5.12. The molecule has 2 atom stereocenters. The maximum atomic E-state index is 11.4. The first-order chi connectivity index (χ1) is 9.97. The predicted molar refractivity (Wildman–Crippen MR) is 78.3 cm³/mol. The fourth-order valence-corrected chi connectivity index (χ4v) is 2.40. The topological polar surface area (TPSA) is 102 Å². The van der Waals surface area contributed by atoms with Crippen molar-refractivity contribution < 1.29 is 19.8 Å². The minimum absolute atomic E-state index is 0.113. The van der Waals surface area contributed by atoms with Crippen LogP contribution in [-0.4, -0.2) is 39.2 Å². The van der Waals surface area contributed by atoms with Crippen LogP contribution in [0, 0.1) is 0 Å². The largest absolute Gasteiger partial charge is 0.481 e. The first kappa shape index (κ1) is 15.1. The van der Waals surface area contributed by atoms with E-state index in [4.69, 9.17) is 5.11 Å². The van der Waals surface area contributed by atoms with Crippen LogP contribution in [0.4, 0.5) is 0 Å². The summed E-state index contributed by atoms with van der Waals surface area (Å²) in [6, 6.07) is 6.43. The van der Waals surface area contributed by atoms with E-state index < -0.39 is 24.0 Å². The number of carboxylic acid groups (broad SMARTS) is 2. The summed E-state index contributed by atoms with van der Waals surface area (Å²) >= 11 is 0. The zero-order valence-corrected chi connectivity index (χ0v) is 11.7. The van der Waals surface area contributed by atoms with Crippen LogP contribution in [0.5, 0.6) is 0 Å². The monoisotopic (exact) mass is 290 g/mol. The second-order valence-electron chi connectivity index (χ2n) is 5.12. The molecule has 4 N–H and O–H groups in total. The highest BCUT2D eigenvalue weighted by Gasteiger charge is 2.22. The maximum Gasteiger partial charge on any atom is 0.321 e. The number of rotatable bonds is 7. The number of nitrogens with one attached hydrogen (secondary N) is 2. The van der Waals surface area contributed by atoms with Crippen LogP contribution in [0.25, 0.3) is 10.9 Å². The molecule has 1 aromatic carbocycles. The lowest BCUT2D eigenvalue weighted by Gasteiger charge is -2.18. The Bertz CT molecular complexity index is 650. The van der Waals surface area contributed by atoms with Gasteiger partial charge in [0.15, 0.2) is 0 Å². The van der Waals surface area contributed by atoms with Gasteiger partial charge >= 0.3 is 11.9 Å². The Balaban J connectivity index is 2.13. The molecule has 0 fully saturated rings. The fraction of sp³-hybridized carbons (Fsp3) is 0.333. The van der Waals surface area contributed by atoms with Crippen molar-refractivity contribution >= 4 is 22.8 Å². The van der Waals surface area contributed by atoms with Gasteiger partial charge in [-0.15, -0.1) is 0 Å². The first-order valence-corrected chi connectivity index (χ1v) is 6.73. The first-order valence-electron chi connectivity index (χ1n) is 6.73. The average molecular weight is 290 g/mol. The van der Waals surface area contributed by atoms with E-state index >= 15 is 0 Å². The predicted octanol–water partition coefficient (Wildman–Crippen LogP) is 1.62. The summed E-state index contributed by atoms with van der Waals surface area (Å²) in [4.78, 5) is 25.1. The third-order valence-electron chi connectivity index (χ3n) is 3.36. The highest BCUT2D eigenvalue weighted by molar-refractivity contribution is 5.84. The van der Waals surface area contributed by atoms with Crippen LogP contribution >= 0.6 is 0 Å². The molecule has 2 rings (SSSR count). The molecule has 0 saturated carbocycles. The number of H-pyrrole nitrogens is 1. The summed E-state index contributed by atoms with van der Waals surface area (Å²) in [6.07, 6.45) is 1.98. The van der Waals surface area contributed by atoms with Gasteiger partial charge in [0.25, 0.3) is 0 Å². The van der Waals surface area contributed by atoms with E-state index in [2.05, 4.69) is 10.3 Å². The molecule has 1 aromatic heterocycles. The molecule has 0 aliphatic heterocycles. The fourth-order valence-electron chi connectivity index (χ4n) is 2.40. The number of fused-ring (bicyclic) bond motifs is 1. The minimum Gasteiger partial charge on any atom is -0.481 e. The molecule has 0 aliphatic carbocycles. The van der Waals surface area contributed by atoms with E-state index in [0.717, 1.165) is 16.5 Å². The van der Waals surface area contributed by atoms with Gasteiger partial charge in [-0.25, -0.2) is 0 Å². The number of hydrogen-bond acceptors (Lipinski definition) is 3. The summed E-state index contributed by atoms with van der Waals surface area (Å²) in [5.41, 5.74) is 1.85. The summed E-state index contributed by atoms with van der Waals surface area (Å²) in [7, 11) is 0. The van der Waals surface area contributed by atoms with E-state index in [1.54, 1.807) is 13.1 Å². The van der Waals surface area contributed by atoms with E-state index in [9.17, 15) is 14.7 Å². The number of benzene rings is 1. The molecule has 0 radical (unpaired) electrons. The summed E-state index contributed by atoms with van der Waals surface area (Å²) < 4.78 is 0. The van der Waals surface area contributed by atoms with Gasteiger partial charge in [0.2, 0.25) is 0 Å². The zero-order valence-electron chi connectivity index (χ0n) is 11.7. The van der Waals surface area contributed by atoms with Crippen molar-refractivity contribution in [3.05, 3.63) is 36.0 Å². The van der Waals surface area contributed by atoms with Crippen molar-refractivity contribution in [3.8, 4) is 0 Å². The van der Waals surface area contributed by atoms with Gasteiger partial charge in [0.05, 0.1) is 6.42 Å². The third-order valence-corrected chi connectivity index (χ3v) is 3.36. The van der Waals surface area contributed by atoms with Crippen LogP contribution in [0.2, 0.25) is 0 Å². The highest BCUT2D eigenvalue weighted by atomic mass is 16.4. The lowest BCUT2D eigenvalue weighted by molar-refractivity contribution is -0.141. The molecule has 0 saturated heterocycles. The van der Waals surface area contributed by atoms with Crippen LogP contribution < -0.4 is 5.32 Å². The van der Waals surface area contributed by atoms with Gasteiger partial charge in [-0.3, -0.25) is 9.59 Å². The molecule has 21 heavy (non-hydrogen) atoms. The quantitative estimate of drug-likeness (QED) is 0.620. The molecule has 1 unspecified atom stereocenters. The van der Waals surface area contributed by atoms with Gasteiger partial charge in [0, 0.05) is 29.6 Å². The van der Waals surface area contributed by atoms with Crippen molar-refractivity contribution in [3.63, 3.8) is 0 Å². The maximum absolute atomic E-state index is 11.4. The standard InChI is InChI=1S/C15H18N2O4/c1-9(6-14(18)19)17-13(15(20)21)7-10-8-16-12-5-3-2-4-11(10)12/h2-5,8-9,13,16-17H,6-7H2,1H3,(H,18,19)(H,20,21)/t9?,13-/m0/s1. The van der Waals surface area contributed by atoms with Gasteiger partial charge in [0.1, 0.15) is 6.04 Å². The number of carbonyl (C=O) groups is 2. The number of aliphatic carboxylic acids is 2. The van der Waals surface area contributed by atoms with Crippen molar-refractivity contribution in [1.29, 1.82) is 0 Å². The van der Waals surface area contributed by atoms with Gasteiger partial charge in [-0.05, 0) is 18.6 Å². The molecule has 1 heterocycles. The average Bonchev–Trinajstić information content (AvgIpc) is 2.80. The molecule has 2 aromatic rings. The van der Waals surface area contributed by atoms with E-state index in [0.29, 0.717) is 6.42 Å². The lowest BCUT2D eigenvalue weighted by Crippen LogP contribution is -2.44. The Morgan fingerprint density at radius 1 is 1.29 bits per heavy atom. The van der Waals surface area contributed by atoms with Crippen molar-refractivity contribution in [2.45, 2.75) is 31.8 Å². The van der Waals surface area contributed by atoms with Gasteiger partial charge < -0.3 is 20.5 Å². The summed E-state index contributed by atoms with van der Waals surface area (Å²) in [6.45, 7) is 1.67. The van der Waals surface area contributed by atoms with E-state index in [1.807, 2.05) is 24.3 Å². The highest BCUT2D eigenvalue weighted by Crippen LogP contribution is 2.19. The van der Waals surface area contributed by atoms with Gasteiger partial charge in [-0.1, -0.05) is 18.2 Å². The molecule has 0 amide bonds. The van der Waals surface area contributed by atoms with Crippen molar-refractivity contribution in [2.75, 3.05) is 0 Å². The molecule has 0 spiro atoms. The third kappa shape index (κ3) is 3.82. The Kier molecular flexibility index (Phi) is 4.59. The molecule has 112 valence electrons. The Morgan fingerprint density at radius 2 is 2.00 bits per heavy atom. The molecular weight excluding hydrogens is 272 g/mol. The molecule has 0 bridgehead atoms. The summed E-state index contributed by atoms with van der Waals surface area (Å²) in [5.74, 6) is -1.94. The number of aromatic amines is 1. The van der Waals surface area contributed by atoms with Crippen molar-refractivity contribution in [2.24, 2.45) is 0 Å². The Labute approximate surface area is 121 Å². The molecule has 6 heteroatoms. The Morgan fingerprint density at radius 3 is 2.67 bits per heavy atom.